The van der Waals surface area contributed by atoms with Crippen molar-refractivity contribution >= 4 is 23.5 Å². The highest BCUT2D eigenvalue weighted by Crippen LogP contribution is 2.13. The van der Waals surface area contributed by atoms with Crippen LogP contribution in [0.2, 0.25) is 0 Å². The van der Waals surface area contributed by atoms with Crippen LogP contribution in [0, 0.1) is 11.3 Å². The van der Waals surface area contributed by atoms with Crippen LogP contribution in [0.4, 0.5) is 5.69 Å². The third kappa shape index (κ3) is 5.42. The van der Waals surface area contributed by atoms with E-state index in [0.29, 0.717) is 29.9 Å². The Balaban J connectivity index is 1.94. The van der Waals surface area contributed by atoms with Gasteiger partial charge in [-0.1, -0.05) is 6.07 Å². The monoisotopic (exact) mass is 379 g/mol. The van der Waals surface area contributed by atoms with Gasteiger partial charge < -0.3 is 15.0 Å². The molecular weight excluding hydrogens is 358 g/mol. The maximum absolute atomic E-state index is 12.4. The van der Waals surface area contributed by atoms with Gasteiger partial charge in [0.05, 0.1) is 17.2 Å². The van der Waals surface area contributed by atoms with Crippen LogP contribution in [-0.4, -0.2) is 42.4 Å². The Morgan fingerprint density at radius 2 is 1.71 bits per heavy atom. The minimum absolute atomic E-state index is 0.117. The molecule has 0 aliphatic rings. The quantitative estimate of drug-likeness (QED) is 0.746. The highest BCUT2D eigenvalue weighted by Gasteiger charge is 2.14. The lowest BCUT2D eigenvalue weighted by Crippen LogP contribution is -2.30. The van der Waals surface area contributed by atoms with Gasteiger partial charge in [-0.05, 0) is 56.3 Å². The van der Waals surface area contributed by atoms with E-state index in [2.05, 4.69) is 5.32 Å². The largest absolute Gasteiger partial charge is 0.452 e. The summed E-state index contributed by atoms with van der Waals surface area (Å²) < 4.78 is 4.98. The number of nitrogens with zero attached hydrogens (tertiary/aromatic N) is 2. The lowest BCUT2D eigenvalue weighted by molar-refractivity contribution is -0.119. The summed E-state index contributed by atoms with van der Waals surface area (Å²) in [5.74, 6) is -1.30. The van der Waals surface area contributed by atoms with Crippen molar-refractivity contribution in [1.82, 2.24) is 4.90 Å². The van der Waals surface area contributed by atoms with E-state index in [4.69, 9.17) is 10.00 Å². The smallest absolute Gasteiger partial charge is 0.338 e. The van der Waals surface area contributed by atoms with Gasteiger partial charge in [-0.25, -0.2) is 4.79 Å². The molecule has 0 aromatic heterocycles. The van der Waals surface area contributed by atoms with Crippen LogP contribution in [0.1, 0.15) is 40.1 Å². The normalized spacial score (nSPS) is 9.89. The van der Waals surface area contributed by atoms with Gasteiger partial charge in [0.25, 0.3) is 11.8 Å². The van der Waals surface area contributed by atoms with Crippen LogP contribution in [0.3, 0.4) is 0 Å². The summed E-state index contributed by atoms with van der Waals surface area (Å²) in [5.41, 5.74) is 1.58. The lowest BCUT2D eigenvalue weighted by atomic mass is 10.1. The minimum Gasteiger partial charge on any atom is -0.452 e. The van der Waals surface area contributed by atoms with E-state index in [-0.39, 0.29) is 11.5 Å². The van der Waals surface area contributed by atoms with Crippen molar-refractivity contribution in [1.29, 1.82) is 5.26 Å². The third-order valence-electron chi connectivity index (χ3n) is 4.03. The van der Waals surface area contributed by atoms with E-state index < -0.39 is 18.5 Å². The average Bonchev–Trinajstić information content (AvgIpc) is 2.73. The zero-order valence-corrected chi connectivity index (χ0v) is 15.8. The van der Waals surface area contributed by atoms with Crippen LogP contribution in [0.5, 0.6) is 0 Å². The number of ether oxygens (including phenoxy) is 1. The molecule has 0 saturated heterocycles. The van der Waals surface area contributed by atoms with Gasteiger partial charge in [-0.15, -0.1) is 0 Å². The summed E-state index contributed by atoms with van der Waals surface area (Å²) in [6.45, 7) is 4.52. The van der Waals surface area contributed by atoms with Gasteiger partial charge in [0.15, 0.2) is 6.61 Å². The number of carbonyl (C=O) groups is 3. The van der Waals surface area contributed by atoms with Crippen molar-refractivity contribution < 1.29 is 19.1 Å². The Morgan fingerprint density at radius 1 is 1.04 bits per heavy atom. The van der Waals surface area contributed by atoms with Gasteiger partial charge in [-0.2, -0.15) is 5.26 Å². The average molecular weight is 379 g/mol. The number of nitriles is 1. The summed E-state index contributed by atoms with van der Waals surface area (Å²) in [4.78, 5) is 38.1. The van der Waals surface area contributed by atoms with Crippen LogP contribution in [0.15, 0.2) is 48.5 Å². The summed E-state index contributed by atoms with van der Waals surface area (Å²) >= 11 is 0. The molecule has 0 saturated carbocycles. The van der Waals surface area contributed by atoms with Crippen LogP contribution >= 0.6 is 0 Å². The number of nitrogens with one attached hydrogen (secondary N) is 1. The molecule has 28 heavy (non-hydrogen) atoms. The lowest BCUT2D eigenvalue weighted by Gasteiger charge is -2.19. The van der Waals surface area contributed by atoms with E-state index >= 15 is 0 Å². The summed E-state index contributed by atoms with van der Waals surface area (Å²) in [6.07, 6.45) is 0. The molecule has 2 amide bonds. The van der Waals surface area contributed by atoms with E-state index in [1.165, 1.54) is 24.3 Å². The molecule has 2 aromatic carbocycles. The predicted molar refractivity (Wildman–Crippen MR) is 104 cm³/mol. The third-order valence-corrected chi connectivity index (χ3v) is 4.03. The van der Waals surface area contributed by atoms with Gasteiger partial charge in [0, 0.05) is 24.3 Å². The van der Waals surface area contributed by atoms with Crippen molar-refractivity contribution in [3.8, 4) is 6.07 Å². The minimum atomic E-state index is -0.662. The molecule has 144 valence electrons. The Hall–Kier alpha value is -3.66. The highest BCUT2D eigenvalue weighted by molar-refractivity contribution is 5.98. The summed E-state index contributed by atoms with van der Waals surface area (Å²) in [6, 6.07) is 14.5. The molecular formula is C21H21N3O4. The second kappa shape index (κ2) is 9.88. The van der Waals surface area contributed by atoms with Gasteiger partial charge >= 0.3 is 5.97 Å². The molecule has 2 aromatic rings. The number of rotatable bonds is 7. The maximum atomic E-state index is 12.4. The molecule has 0 atom stereocenters. The molecule has 0 aliphatic carbocycles. The Kier molecular flexibility index (Phi) is 7.28. The topological polar surface area (TPSA) is 99.5 Å². The number of hydrogen-bond acceptors (Lipinski definition) is 5. The van der Waals surface area contributed by atoms with Crippen molar-refractivity contribution in [2.45, 2.75) is 13.8 Å². The molecule has 1 N–H and O–H groups in total. The highest BCUT2D eigenvalue weighted by atomic mass is 16.5. The van der Waals surface area contributed by atoms with Gasteiger partial charge in [-0.3, -0.25) is 9.59 Å². The first-order chi connectivity index (χ1) is 13.5. The standard InChI is InChI=1S/C21H21N3O4/c1-3-24(4-2)20(26)17-6-5-7-18(12-17)23-19(25)14-28-21(27)16-10-8-15(13-22)9-11-16/h5-12H,3-4,14H2,1-2H3,(H,23,25). The van der Waals surface area contributed by atoms with Gasteiger partial charge in [0.1, 0.15) is 0 Å². The van der Waals surface area contributed by atoms with Crippen LogP contribution < -0.4 is 5.32 Å². The van der Waals surface area contributed by atoms with Crippen molar-refractivity contribution in [2.75, 3.05) is 25.0 Å². The van der Waals surface area contributed by atoms with Crippen molar-refractivity contribution in [2.24, 2.45) is 0 Å². The van der Waals surface area contributed by atoms with E-state index in [1.807, 2.05) is 19.9 Å². The fourth-order valence-corrected chi connectivity index (χ4v) is 2.52. The summed E-state index contributed by atoms with van der Waals surface area (Å²) in [5, 5.41) is 11.4. The first-order valence-corrected chi connectivity index (χ1v) is 8.85. The SMILES string of the molecule is CCN(CC)C(=O)c1cccc(NC(=O)COC(=O)c2ccc(C#N)cc2)c1. The molecule has 0 spiro atoms. The number of benzene rings is 2. The summed E-state index contributed by atoms with van der Waals surface area (Å²) in [7, 11) is 0. The number of esters is 1. The van der Waals surface area contributed by atoms with Crippen LogP contribution in [-0.2, 0) is 9.53 Å². The number of carbonyl (C=O) groups excluding carboxylic acids is 3. The number of hydrogen-bond donors (Lipinski definition) is 1. The Bertz CT molecular complexity index is 897. The second-order valence-electron chi connectivity index (χ2n) is 5.87. The van der Waals surface area contributed by atoms with Gasteiger partial charge in [0.2, 0.25) is 0 Å². The molecule has 0 aliphatic heterocycles. The zero-order chi connectivity index (χ0) is 20.5. The zero-order valence-electron chi connectivity index (χ0n) is 15.8. The second-order valence-corrected chi connectivity index (χ2v) is 5.87. The fourth-order valence-electron chi connectivity index (χ4n) is 2.52. The fraction of sp³-hybridized carbons (Fsp3) is 0.238. The predicted octanol–water partition coefficient (Wildman–Crippen LogP) is 2.84. The molecule has 0 fully saturated rings. The molecule has 7 heteroatoms. The molecule has 0 heterocycles. The molecule has 0 bridgehead atoms. The number of amides is 2. The Morgan fingerprint density at radius 3 is 2.32 bits per heavy atom. The first kappa shape index (κ1) is 20.6. The molecule has 7 nitrogen and oxygen atoms in total. The molecule has 0 radical (unpaired) electrons. The number of anilines is 1. The van der Waals surface area contributed by atoms with Crippen LogP contribution in [0.25, 0.3) is 0 Å². The maximum Gasteiger partial charge on any atom is 0.338 e. The van der Waals surface area contributed by atoms with E-state index in [9.17, 15) is 14.4 Å². The first-order valence-electron chi connectivity index (χ1n) is 8.85. The Labute approximate surface area is 163 Å². The van der Waals surface area contributed by atoms with E-state index in [1.54, 1.807) is 29.2 Å². The molecule has 0 unspecified atom stereocenters. The van der Waals surface area contributed by atoms with Crippen molar-refractivity contribution in [3.05, 3.63) is 65.2 Å². The van der Waals surface area contributed by atoms with Crippen molar-refractivity contribution in [3.63, 3.8) is 0 Å². The van der Waals surface area contributed by atoms with E-state index in [0.717, 1.165) is 0 Å². The molecule has 2 rings (SSSR count).